The van der Waals surface area contributed by atoms with Crippen LogP contribution in [0.5, 0.6) is 0 Å². The maximum absolute atomic E-state index is 11.3. The van der Waals surface area contributed by atoms with E-state index >= 15 is 0 Å². The minimum Gasteiger partial charge on any atom is -0.442 e. The molecule has 1 N–H and O–H groups in total. The third-order valence-electron chi connectivity index (χ3n) is 2.04. The van der Waals surface area contributed by atoms with E-state index in [4.69, 9.17) is 9.47 Å². The largest absolute Gasteiger partial charge is 0.442 e. The van der Waals surface area contributed by atoms with E-state index in [1.807, 2.05) is 5.48 Å². The van der Waals surface area contributed by atoms with Crippen LogP contribution < -0.4 is 5.48 Å². The Morgan fingerprint density at radius 2 is 2.00 bits per heavy atom. The van der Waals surface area contributed by atoms with Gasteiger partial charge in [-0.15, -0.1) is 5.48 Å². The van der Waals surface area contributed by atoms with E-state index in [1.54, 1.807) is 27.7 Å². The Hall–Kier alpha value is -1.30. The molecule has 1 aliphatic rings. The monoisotopic (exact) mass is 231 g/mol. The van der Waals surface area contributed by atoms with Gasteiger partial charge < -0.3 is 14.3 Å². The first-order valence-corrected chi connectivity index (χ1v) is 5.11. The fraction of sp³-hybridized carbons (Fsp3) is 0.800. The molecule has 1 heterocycles. The van der Waals surface area contributed by atoms with Crippen molar-refractivity contribution in [2.75, 3.05) is 6.61 Å². The van der Waals surface area contributed by atoms with Gasteiger partial charge in [0.25, 0.3) is 0 Å². The summed E-state index contributed by atoms with van der Waals surface area (Å²) in [6.07, 6.45) is -0.943. The van der Waals surface area contributed by atoms with Crippen LogP contribution in [0.3, 0.4) is 0 Å². The molecule has 0 aromatic carbocycles. The zero-order chi connectivity index (χ0) is 12.3. The third-order valence-corrected chi connectivity index (χ3v) is 2.04. The van der Waals surface area contributed by atoms with Crippen LogP contribution in [0.1, 0.15) is 27.7 Å². The molecular weight excluding hydrogens is 214 g/mol. The average molecular weight is 231 g/mol. The Morgan fingerprint density at radius 3 is 2.38 bits per heavy atom. The fourth-order valence-corrected chi connectivity index (χ4v) is 1.11. The first-order valence-electron chi connectivity index (χ1n) is 5.11. The van der Waals surface area contributed by atoms with Gasteiger partial charge >= 0.3 is 12.1 Å². The van der Waals surface area contributed by atoms with Crippen molar-refractivity contribution < 1.29 is 23.9 Å². The number of hydroxylamine groups is 1. The molecule has 0 saturated carbocycles. The number of amides is 1. The van der Waals surface area contributed by atoms with Crippen LogP contribution in [0.15, 0.2) is 0 Å². The van der Waals surface area contributed by atoms with E-state index in [2.05, 4.69) is 4.84 Å². The highest BCUT2D eigenvalue weighted by atomic mass is 16.7. The lowest BCUT2D eigenvalue weighted by Gasteiger charge is -2.31. The molecule has 1 rings (SSSR count). The van der Waals surface area contributed by atoms with Crippen molar-refractivity contribution in [1.82, 2.24) is 5.48 Å². The molecule has 2 unspecified atom stereocenters. The summed E-state index contributed by atoms with van der Waals surface area (Å²) in [5.74, 6) is -0.820. The standard InChI is InChI=1S/C10H17NO5/c1-6-7(5-14-6)8(12)16-11-9(13)15-10(2,3)4/h6-7H,5H2,1-4H3,(H,11,13). The Labute approximate surface area is 94.2 Å². The summed E-state index contributed by atoms with van der Waals surface area (Å²) in [5, 5.41) is 0. The minimum absolute atomic E-state index is 0.159. The highest BCUT2D eigenvalue weighted by molar-refractivity contribution is 5.76. The van der Waals surface area contributed by atoms with E-state index in [0.29, 0.717) is 6.61 Å². The predicted molar refractivity (Wildman–Crippen MR) is 54.4 cm³/mol. The van der Waals surface area contributed by atoms with Gasteiger partial charge in [0.2, 0.25) is 0 Å². The molecule has 0 radical (unpaired) electrons. The summed E-state index contributed by atoms with van der Waals surface area (Å²) in [4.78, 5) is 27.0. The van der Waals surface area contributed by atoms with Crippen molar-refractivity contribution in [3.63, 3.8) is 0 Å². The van der Waals surface area contributed by atoms with E-state index in [-0.39, 0.29) is 12.0 Å². The van der Waals surface area contributed by atoms with Crippen LogP contribution in [0.2, 0.25) is 0 Å². The number of carbonyl (C=O) groups is 2. The summed E-state index contributed by atoms with van der Waals surface area (Å²) < 4.78 is 9.89. The van der Waals surface area contributed by atoms with Gasteiger partial charge in [-0.3, -0.25) is 0 Å². The van der Waals surface area contributed by atoms with Gasteiger partial charge in [-0.2, -0.15) is 0 Å². The van der Waals surface area contributed by atoms with Crippen molar-refractivity contribution in [3.05, 3.63) is 0 Å². The fourth-order valence-electron chi connectivity index (χ4n) is 1.11. The normalized spacial score (nSPS) is 24.2. The second-order valence-electron chi connectivity index (χ2n) is 4.67. The van der Waals surface area contributed by atoms with Gasteiger partial charge in [-0.05, 0) is 27.7 Å². The Kier molecular flexibility index (Phi) is 3.74. The van der Waals surface area contributed by atoms with Crippen molar-refractivity contribution in [3.8, 4) is 0 Å². The Morgan fingerprint density at radius 1 is 1.38 bits per heavy atom. The van der Waals surface area contributed by atoms with Crippen LogP contribution in [0.25, 0.3) is 0 Å². The van der Waals surface area contributed by atoms with E-state index < -0.39 is 17.7 Å². The first-order chi connectivity index (χ1) is 7.29. The Balaban J connectivity index is 2.24. The summed E-state index contributed by atoms with van der Waals surface area (Å²) in [6.45, 7) is 7.25. The third kappa shape index (κ3) is 3.69. The van der Waals surface area contributed by atoms with Crippen molar-refractivity contribution >= 4 is 12.1 Å². The van der Waals surface area contributed by atoms with E-state index in [0.717, 1.165) is 0 Å². The van der Waals surface area contributed by atoms with Gasteiger partial charge in [-0.1, -0.05) is 0 Å². The summed E-state index contributed by atoms with van der Waals surface area (Å²) in [6, 6.07) is 0. The Bertz CT molecular complexity index is 283. The molecule has 1 saturated heterocycles. The molecule has 0 spiro atoms. The molecular formula is C10H17NO5. The summed E-state index contributed by atoms with van der Waals surface area (Å²) in [5.41, 5.74) is 1.32. The molecule has 0 aromatic heterocycles. The van der Waals surface area contributed by atoms with Crippen molar-refractivity contribution in [2.24, 2.45) is 5.92 Å². The lowest BCUT2D eigenvalue weighted by Crippen LogP contribution is -2.46. The number of hydrogen-bond acceptors (Lipinski definition) is 5. The minimum atomic E-state index is -0.784. The molecule has 16 heavy (non-hydrogen) atoms. The van der Waals surface area contributed by atoms with Crippen LogP contribution in [-0.2, 0) is 19.1 Å². The maximum Gasteiger partial charge on any atom is 0.441 e. The lowest BCUT2D eigenvalue weighted by molar-refractivity contribution is -0.182. The summed E-state index contributed by atoms with van der Waals surface area (Å²) in [7, 11) is 0. The quantitative estimate of drug-likeness (QED) is 0.681. The van der Waals surface area contributed by atoms with E-state index in [9.17, 15) is 9.59 Å². The van der Waals surface area contributed by atoms with Crippen LogP contribution in [0.4, 0.5) is 4.79 Å². The number of rotatable bonds is 1. The zero-order valence-electron chi connectivity index (χ0n) is 9.90. The molecule has 6 nitrogen and oxygen atoms in total. The first kappa shape index (κ1) is 12.8. The molecule has 92 valence electrons. The van der Waals surface area contributed by atoms with Gasteiger partial charge in [0.1, 0.15) is 11.5 Å². The van der Waals surface area contributed by atoms with Crippen LogP contribution in [0, 0.1) is 5.92 Å². The van der Waals surface area contributed by atoms with Gasteiger partial charge in [-0.25, -0.2) is 9.59 Å². The molecule has 1 fully saturated rings. The smallest absolute Gasteiger partial charge is 0.441 e. The number of nitrogens with one attached hydrogen (secondary N) is 1. The molecule has 0 aromatic rings. The number of ether oxygens (including phenoxy) is 2. The van der Waals surface area contributed by atoms with Gasteiger partial charge in [0, 0.05) is 0 Å². The topological polar surface area (TPSA) is 73.9 Å². The second kappa shape index (κ2) is 4.69. The summed E-state index contributed by atoms with van der Waals surface area (Å²) >= 11 is 0. The van der Waals surface area contributed by atoms with Crippen LogP contribution >= 0.6 is 0 Å². The predicted octanol–water partition coefficient (Wildman–Crippen LogP) is 1.00. The molecule has 0 aliphatic carbocycles. The van der Waals surface area contributed by atoms with Gasteiger partial charge in [0.05, 0.1) is 12.7 Å². The number of hydrogen-bond donors (Lipinski definition) is 1. The molecule has 0 bridgehead atoms. The maximum atomic E-state index is 11.3. The molecule has 1 aliphatic heterocycles. The number of carbonyl (C=O) groups excluding carboxylic acids is 2. The SMILES string of the molecule is CC1OCC1C(=O)ONC(=O)OC(C)(C)C. The lowest BCUT2D eigenvalue weighted by atomic mass is 10.0. The highest BCUT2D eigenvalue weighted by Crippen LogP contribution is 2.20. The van der Waals surface area contributed by atoms with Crippen LogP contribution in [-0.4, -0.2) is 30.4 Å². The van der Waals surface area contributed by atoms with Crippen molar-refractivity contribution in [1.29, 1.82) is 0 Å². The van der Waals surface area contributed by atoms with E-state index in [1.165, 1.54) is 0 Å². The second-order valence-corrected chi connectivity index (χ2v) is 4.67. The zero-order valence-corrected chi connectivity index (χ0v) is 9.90. The molecule has 6 heteroatoms. The molecule has 1 amide bonds. The highest BCUT2D eigenvalue weighted by Gasteiger charge is 2.36. The average Bonchev–Trinajstić information content (AvgIpc) is 2.09. The van der Waals surface area contributed by atoms with Crippen molar-refractivity contribution in [2.45, 2.75) is 39.4 Å². The molecule has 2 atom stereocenters. The van der Waals surface area contributed by atoms with Gasteiger partial charge in [0.15, 0.2) is 0 Å².